The van der Waals surface area contributed by atoms with E-state index >= 15 is 0 Å². The van der Waals surface area contributed by atoms with Crippen molar-refractivity contribution in [3.63, 3.8) is 0 Å². The zero-order chi connectivity index (χ0) is 17.8. The molecule has 1 atom stereocenters. The van der Waals surface area contributed by atoms with Gasteiger partial charge in [0.1, 0.15) is 18.1 Å². The SMILES string of the molecule is CC(C)(C)OC(=O)NCC(=O)NCC(=O)C1CC(=O)N(O)C1=O. The largest absolute Gasteiger partial charge is 0.444 e. The molecular formula is C13H19N3O7. The highest BCUT2D eigenvalue weighted by Gasteiger charge is 2.42. The van der Waals surface area contributed by atoms with Crippen molar-refractivity contribution in [2.24, 2.45) is 5.92 Å². The molecule has 0 aromatic heterocycles. The standard InChI is InChI=1S/C13H19N3O7/c1-13(2,3)23-12(21)15-6-9(18)14-5-8(17)7-4-10(19)16(22)11(7)20/h7,22H,4-6H2,1-3H3,(H,14,18)(H,15,21). The number of hydroxylamine groups is 2. The summed E-state index contributed by atoms with van der Waals surface area (Å²) >= 11 is 0. The van der Waals surface area contributed by atoms with Gasteiger partial charge < -0.3 is 15.4 Å². The lowest BCUT2D eigenvalue weighted by atomic mass is 10.0. The average molecular weight is 329 g/mol. The number of hydrogen-bond donors (Lipinski definition) is 3. The molecular weight excluding hydrogens is 310 g/mol. The molecule has 1 aliphatic rings. The molecule has 0 aromatic rings. The first-order valence-electron chi connectivity index (χ1n) is 6.83. The van der Waals surface area contributed by atoms with Crippen LogP contribution in [0.1, 0.15) is 27.2 Å². The highest BCUT2D eigenvalue weighted by Crippen LogP contribution is 2.18. The number of amides is 4. The minimum Gasteiger partial charge on any atom is -0.444 e. The molecule has 0 spiro atoms. The van der Waals surface area contributed by atoms with Gasteiger partial charge in [0.15, 0.2) is 5.78 Å². The zero-order valence-electron chi connectivity index (χ0n) is 13.0. The van der Waals surface area contributed by atoms with Crippen LogP contribution in [0.3, 0.4) is 0 Å². The number of carbonyl (C=O) groups is 5. The molecule has 4 amide bonds. The summed E-state index contributed by atoms with van der Waals surface area (Å²) in [6.07, 6.45) is -1.22. The van der Waals surface area contributed by atoms with Gasteiger partial charge in [-0.3, -0.25) is 24.4 Å². The molecule has 10 heteroatoms. The van der Waals surface area contributed by atoms with E-state index in [-0.39, 0.29) is 5.06 Å². The van der Waals surface area contributed by atoms with Crippen molar-refractivity contribution in [2.75, 3.05) is 13.1 Å². The average Bonchev–Trinajstić information content (AvgIpc) is 2.68. The second kappa shape index (κ2) is 7.18. The number of imide groups is 1. The molecule has 1 heterocycles. The van der Waals surface area contributed by atoms with Crippen molar-refractivity contribution >= 4 is 29.6 Å². The monoisotopic (exact) mass is 329 g/mol. The quantitative estimate of drug-likeness (QED) is 0.332. The zero-order valence-corrected chi connectivity index (χ0v) is 13.0. The second-order valence-electron chi connectivity index (χ2n) is 5.90. The van der Waals surface area contributed by atoms with Gasteiger partial charge in [-0.05, 0) is 20.8 Å². The number of rotatable bonds is 5. The molecule has 128 valence electrons. The fourth-order valence-electron chi connectivity index (χ4n) is 1.71. The van der Waals surface area contributed by atoms with Gasteiger partial charge >= 0.3 is 6.09 Å². The molecule has 0 aromatic carbocycles. The number of nitrogens with zero attached hydrogens (tertiary/aromatic N) is 1. The summed E-state index contributed by atoms with van der Waals surface area (Å²) in [6, 6.07) is 0. The topological polar surface area (TPSA) is 142 Å². The Hall–Kier alpha value is -2.49. The van der Waals surface area contributed by atoms with E-state index in [9.17, 15) is 24.0 Å². The molecule has 3 N–H and O–H groups in total. The first-order chi connectivity index (χ1) is 10.5. The molecule has 0 radical (unpaired) electrons. The number of nitrogens with one attached hydrogen (secondary N) is 2. The Labute approximate surface area is 132 Å². The first-order valence-corrected chi connectivity index (χ1v) is 6.83. The van der Waals surface area contributed by atoms with Crippen LogP contribution in [0, 0.1) is 5.92 Å². The maximum Gasteiger partial charge on any atom is 0.408 e. The molecule has 0 bridgehead atoms. The van der Waals surface area contributed by atoms with Gasteiger partial charge in [0.25, 0.3) is 11.8 Å². The fraction of sp³-hybridized carbons (Fsp3) is 0.615. The Morgan fingerprint density at radius 1 is 1.22 bits per heavy atom. The maximum atomic E-state index is 11.7. The number of hydrogen-bond acceptors (Lipinski definition) is 7. The van der Waals surface area contributed by atoms with E-state index in [1.807, 2.05) is 0 Å². The van der Waals surface area contributed by atoms with E-state index < -0.39 is 60.6 Å². The molecule has 1 fully saturated rings. The van der Waals surface area contributed by atoms with Crippen molar-refractivity contribution in [1.82, 2.24) is 15.7 Å². The van der Waals surface area contributed by atoms with Gasteiger partial charge in [0.05, 0.1) is 6.54 Å². The van der Waals surface area contributed by atoms with Crippen molar-refractivity contribution in [2.45, 2.75) is 32.8 Å². The van der Waals surface area contributed by atoms with Crippen molar-refractivity contribution in [3.05, 3.63) is 0 Å². The number of ketones is 1. The van der Waals surface area contributed by atoms with E-state index in [0.717, 1.165) is 0 Å². The second-order valence-corrected chi connectivity index (χ2v) is 5.90. The Morgan fingerprint density at radius 3 is 2.30 bits per heavy atom. The third-order valence-electron chi connectivity index (χ3n) is 2.76. The highest BCUT2D eigenvalue weighted by atomic mass is 16.6. The molecule has 10 nitrogen and oxygen atoms in total. The summed E-state index contributed by atoms with van der Waals surface area (Å²) in [7, 11) is 0. The van der Waals surface area contributed by atoms with Crippen LogP contribution in [0.15, 0.2) is 0 Å². The molecule has 0 aliphatic carbocycles. The molecule has 1 rings (SSSR count). The summed E-state index contributed by atoms with van der Waals surface area (Å²) in [4.78, 5) is 57.0. The Balaban J connectivity index is 2.34. The van der Waals surface area contributed by atoms with Crippen LogP contribution in [0.5, 0.6) is 0 Å². The Morgan fingerprint density at radius 2 is 1.83 bits per heavy atom. The van der Waals surface area contributed by atoms with Gasteiger partial charge in [-0.2, -0.15) is 5.06 Å². The third-order valence-corrected chi connectivity index (χ3v) is 2.76. The normalized spacial score (nSPS) is 17.9. The number of carbonyl (C=O) groups excluding carboxylic acids is 5. The first kappa shape index (κ1) is 18.6. The van der Waals surface area contributed by atoms with Crippen LogP contribution in [-0.4, -0.2) is 58.6 Å². The minimum absolute atomic E-state index is 0.103. The summed E-state index contributed by atoms with van der Waals surface area (Å²) in [5.41, 5.74) is -0.706. The number of ether oxygens (including phenoxy) is 1. The van der Waals surface area contributed by atoms with Gasteiger partial charge in [-0.1, -0.05) is 0 Å². The number of Topliss-reactive ketones (excluding diaryl/α,β-unsaturated/α-hetero) is 1. The van der Waals surface area contributed by atoms with Crippen molar-refractivity contribution in [1.29, 1.82) is 0 Å². The van der Waals surface area contributed by atoms with Crippen molar-refractivity contribution in [3.8, 4) is 0 Å². The summed E-state index contributed by atoms with van der Waals surface area (Å²) in [5, 5.41) is 13.3. The van der Waals surface area contributed by atoms with E-state index in [1.165, 1.54) is 0 Å². The third kappa shape index (κ3) is 5.66. The lowest BCUT2D eigenvalue weighted by Gasteiger charge is -2.19. The molecule has 23 heavy (non-hydrogen) atoms. The summed E-state index contributed by atoms with van der Waals surface area (Å²) < 4.78 is 4.92. The molecule has 1 unspecified atom stereocenters. The van der Waals surface area contributed by atoms with Crippen LogP contribution in [0.25, 0.3) is 0 Å². The maximum absolute atomic E-state index is 11.7. The molecule has 1 saturated heterocycles. The van der Waals surface area contributed by atoms with Crippen LogP contribution in [0.2, 0.25) is 0 Å². The fourth-order valence-corrected chi connectivity index (χ4v) is 1.71. The predicted molar refractivity (Wildman–Crippen MR) is 74.0 cm³/mol. The van der Waals surface area contributed by atoms with E-state index in [0.29, 0.717) is 0 Å². The minimum atomic E-state index is -1.30. The Bertz CT molecular complexity index is 538. The van der Waals surface area contributed by atoms with Crippen LogP contribution < -0.4 is 10.6 Å². The van der Waals surface area contributed by atoms with Gasteiger partial charge in [0.2, 0.25) is 5.91 Å². The van der Waals surface area contributed by atoms with Gasteiger partial charge in [0, 0.05) is 6.42 Å². The van der Waals surface area contributed by atoms with Crippen molar-refractivity contribution < 1.29 is 33.9 Å². The predicted octanol–water partition coefficient (Wildman–Crippen LogP) is -1.04. The molecule has 1 aliphatic heterocycles. The van der Waals surface area contributed by atoms with Crippen LogP contribution >= 0.6 is 0 Å². The van der Waals surface area contributed by atoms with Crippen LogP contribution in [0.4, 0.5) is 4.79 Å². The lowest BCUT2D eigenvalue weighted by Crippen LogP contribution is -2.42. The summed E-state index contributed by atoms with van der Waals surface area (Å²) in [5.74, 6) is -4.55. The van der Waals surface area contributed by atoms with Crippen LogP contribution in [-0.2, 0) is 23.9 Å². The van der Waals surface area contributed by atoms with E-state index in [1.54, 1.807) is 20.8 Å². The Kier molecular flexibility index (Phi) is 5.79. The van der Waals surface area contributed by atoms with E-state index in [2.05, 4.69) is 10.6 Å². The highest BCUT2D eigenvalue weighted by molar-refractivity contribution is 6.14. The number of alkyl carbamates (subject to hydrolysis) is 1. The molecule has 0 saturated carbocycles. The van der Waals surface area contributed by atoms with Gasteiger partial charge in [-0.15, -0.1) is 0 Å². The lowest BCUT2D eigenvalue weighted by molar-refractivity contribution is -0.172. The summed E-state index contributed by atoms with van der Waals surface area (Å²) in [6.45, 7) is 4.08. The van der Waals surface area contributed by atoms with E-state index in [4.69, 9.17) is 9.94 Å². The van der Waals surface area contributed by atoms with Gasteiger partial charge in [-0.25, -0.2) is 4.79 Å². The smallest absolute Gasteiger partial charge is 0.408 e.